The van der Waals surface area contributed by atoms with Crippen LogP contribution in [-0.4, -0.2) is 59.6 Å². The highest BCUT2D eigenvalue weighted by Gasteiger charge is 2.32. The lowest BCUT2D eigenvalue weighted by molar-refractivity contribution is -0.139. The zero-order chi connectivity index (χ0) is 16.5. The maximum atomic E-state index is 12.7. The summed E-state index contributed by atoms with van der Waals surface area (Å²) in [5.41, 5.74) is 1.07. The molecule has 2 fully saturated rings. The predicted octanol–water partition coefficient (Wildman–Crippen LogP) is 2.68. The van der Waals surface area contributed by atoms with E-state index in [4.69, 9.17) is 9.72 Å². The van der Waals surface area contributed by atoms with E-state index >= 15 is 0 Å². The Balaban J connectivity index is 1.47. The van der Waals surface area contributed by atoms with Crippen molar-refractivity contribution in [1.29, 1.82) is 0 Å². The van der Waals surface area contributed by atoms with Crippen molar-refractivity contribution in [3.63, 3.8) is 0 Å². The highest BCUT2D eigenvalue weighted by Crippen LogP contribution is 2.36. The van der Waals surface area contributed by atoms with Gasteiger partial charge in [-0.05, 0) is 38.4 Å². The Morgan fingerprint density at radius 3 is 3.08 bits per heavy atom. The maximum absolute atomic E-state index is 12.7. The number of carbonyl (C=O) groups excluding carboxylic acids is 1. The second-order valence-electron chi connectivity index (χ2n) is 6.67. The lowest BCUT2D eigenvalue weighted by Crippen LogP contribution is -2.48. The summed E-state index contributed by atoms with van der Waals surface area (Å²) >= 11 is 1.76. The Bertz CT molecular complexity index is 699. The molecule has 3 heterocycles. The lowest BCUT2D eigenvalue weighted by Gasteiger charge is -2.33. The highest BCUT2D eigenvalue weighted by atomic mass is 32.1. The smallest absolute Gasteiger partial charge is 0.236 e. The second-order valence-corrected chi connectivity index (χ2v) is 7.73. The van der Waals surface area contributed by atoms with Gasteiger partial charge in [-0.25, -0.2) is 4.98 Å². The van der Waals surface area contributed by atoms with E-state index in [2.05, 4.69) is 23.1 Å². The molecular formula is C18H23N3O2S. The molecule has 0 saturated carbocycles. The van der Waals surface area contributed by atoms with Gasteiger partial charge in [0, 0.05) is 13.1 Å². The van der Waals surface area contributed by atoms with Crippen molar-refractivity contribution in [1.82, 2.24) is 14.8 Å². The van der Waals surface area contributed by atoms with Gasteiger partial charge in [-0.15, -0.1) is 11.3 Å². The number of nitrogens with zero attached hydrogens (tertiary/aromatic N) is 3. The molecule has 2 aliphatic heterocycles. The standard InChI is InChI=1S/C18H23N3O2S/c1-13-11-21(9-10-23-13)17(22)12-20-8-4-6-15(20)18-19-14-5-2-3-7-16(14)24-18/h2-3,5,7,13,15H,4,6,8-12H2,1H3. The van der Waals surface area contributed by atoms with Crippen molar-refractivity contribution in [2.45, 2.75) is 31.9 Å². The van der Waals surface area contributed by atoms with E-state index in [1.165, 1.54) is 4.70 Å². The molecule has 2 unspecified atom stereocenters. The predicted molar refractivity (Wildman–Crippen MR) is 95.2 cm³/mol. The zero-order valence-corrected chi connectivity index (χ0v) is 14.8. The van der Waals surface area contributed by atoms with Crippen LogP contribution < -0.4 is 0 Å². The number of amides is 1. The van der Waals surface area contributed by atoms with E-state index in [1.807, 2.05) is 17.9 Å². The van der Waals surface area contributed by atoms with Crippen LogP contribution in [0.1, 0.15) is 30.8 Å². The van der Waals surface area contributed by atoms with Crippen LogP contribution in [0, 0.1) is 0 Å². The van der Waals surface area contributed by atoms with Gasteiger partial charge in [0.05, 0.1) is 35.5 Å². The van der Waals surface area contributed by atoms with Crippen LogP contribution in [0.2, 0.25) is 0 Å². The van der Waals surface area contributed by atoms with Crippen molar-refractivity contribution < 1.29 is 9.53 Å². The molecule has 0 aliphatic carbocycles. The van der Waals surface area contributed by atoms with Crippen molar-refractivity contribution in [2.24, 2.45) is 0 Å². The second kappa shape index (κ2) is 6.78. The quantitative estimate of drug-likeness (QED) is 0.858. The van der Waals surface area contributed by atoms with Gasteiger partial charge in [-0.3, -0.25) is 9.69 Å². The number of aromatic nitrogens is 1. The van der Waals surface area contributed by atoms with Crippen LogP contribution in [0.4, 0.5) is 0 Å². The molecule has 5 nitrogen and oxygen atoms in total. The Hall–Kier alpha value is -1.50. The number of thiazole rings is 1. The summed E-state index contributed by atoms with van der Waals surface area (Å²) in [7, 11) is 0. The molecule has 2 aromatic rings. The SMILES string of the molecule is CC1CN(C(=O)CN2CCCC2c2nc3ccccc3s2)CCO1. The summed E-state index contributed by atoms with van der Waals surface area (Å²) in [6.45, 7) is 5.56. The van der Waals surface area contributed by atoms with Crippen LogP contribution in [0.3, 0.4) is 0 Å². The number of ether oxygens (including phenoxy) is 1. The van der Waals surface area contributed by atoms with Gasteiger partial charge < -0.3 is 9.64 Å². The van der Waals surface area contributed by atoms with Gasteiger partial charge in [-0.1, -0.05) is 12.1 Å². The third-order valence-electron chi connectivity index (χ3n) is 4.89. The summed E-state index contributed by atoms with van der Waals surface area (Å²) in [6.07, 6.45) is 2.36. The molecule has 6 heteroatoms. The first kappa shape index (κ1) is 16.0. The van der Waals surface area contributed by atoms with Crippen LogP contribution in [0.25, 0.3) is 10.2 Å². The first-order chi connectivity index (χ1) is 11.7. The van der Waals surface area contributed by atoms with Gasteiger partial charge in [0.2, 0.25) is 5.91 Å². The van der Waals surface area contributed by atoms with E-state index in [9.17, 15) is 4.79 Å². The fraction of sp³-hybridized carbons (Fsp3) is 0.556. The van der Waals surface area contributed by atoms with E-state index < -0.39 is 0 Å². The number of hydrogen-bond acceptors (Lipinski definition) is 5. The molecule has 2 atom stereocenters. The summed E-state index contributed by atoms with van der Waals surface area (Å²) in [6, 6.07) is 8.55. The molecular weight excluding hydrogens is 322 g/mol. The maximum Gasteiger partial charge on any atom is 0.236 e. The van der Waals surface area contributed by atoms with Crippen LogP contribution in [-0.2, 0) is 9.53 Å². The monoisotopic (exact) mass is 345 g/mol. The summed E-state index contributed by atoms with van der Waals surface area (Å²) < 4.78 is 6.77. The number of carbonyl (C=O) groups is 1. The van der Waals surface area contributed by atoms with Crippen molar-refractivity contribution in [3.8, 4) is 0 Å². The summed E-state index contributed by atoms with van der Waals surface area (Å²) in [5, 5.41) is 1.15. The molecule has 0 spiro atoms. The van der Waals surface area contributed by atoms with E-state index in [1.54, 1.807) is 11.3 Å². The van der Waals surface area contributed by atoms with E-state index in [0.29, 0.717) is 26.2 Å². The minimum Gasteiger partial charge on any atom is -0.375 e. The number of rotatable bonds is 3. The minimum absolute atomic E-state index is 0.140. The van der Waals surface area contributed by atoms with Gasteiger partial charge in [-0.2, -0.15) is 0 Å². The van der Waals surface area contributed by atoms with Crippen LogP contribution in [0.5, 0.6) is 0 Å². The Morgan fingerprint density at radius 1 is 1.38 bits per heavy atom. The molecule has 2 saturated heterocycles. The molecule has 1 amide bonds. The summed E-state index contributed by atoms with van der Waals surface area (Å²) in [4.78, 5) is 21.7. The van der Waals surface area contributed by atoms with E-state index in [0.717, 1.165) is 29.9 Å². The number of para-hydroxylation sites is 1. The van der Waals surface area contributed by atoms with Gasteiger partial charge in [0.1, 0.15) is 5.01 Å². The molecule has 24 heavy (non-hydrogen) atoms. The molecule has 1 aromatic carbocycles. The van der Waals surface area contributed by atoms with Crippen LogP contribution >= 0.6 is 11.3 Å². The van der Waals surface area contributed by atoms with Crippen molar-refractivity contribution >= 4 is 27.5 Å². The Labute approximate surface area is 146 Å². The summed E-state index contributed by atoms with van der Waals surface area (Å²) in [5.74, 6) is 0.221. The normalized spacial score (nSPS) is 25.5. The fourth-order valence-corrected chi connectivity index (χ4v) is 4.78. The highest BCUT2D eigenvalue weighted by molar-refractivity contribution is 7.18. The third-order valence-corrected chi connectivity index (χ3v) is 6.03. The average Bonchev–Trinajstić information content (AvgIpc) is 3.20. The van der Waals surface area contributed by atoms with Gasteiger partial charge in [0.25, 0.3) is 0 Å². The zero-order valence-electron chi connectivity index (χ0n) is 14.0. The molecule has 128 valence electrons. The van der Waals surface area contributed by atoms with Gasteiger partial charge in [0.15, 0.2) is 0 Å². The minimum atomic E-state index is 0.140. The lowest BCUT2D eigenvalue weighted by atomic mass is 10.2. The molecule has 1 aromatic heterocycles. The Kier molecular flexibility index (Phi) is 4.52. The fourth-order valence-electron chi connectivity index (χ4n) is 3.65. The largest absolute Gasteiger partial charge is 0.375 e. The first-order valence-electron chi connectivity index (χ1n) is 8.69. The number of likely N-dealkylation sites (tertiary alicyclic amines) is 1. The molecule has 0 radical (unpaired) electrons. The van der Waals surface area contributed by atoms with Crippen LogP contribution in [0.15, 0.2) is 24.3 Å². The number of fused-ring (bicyclic) bond motifs is 1. The number of morpholine rings is 1. The number of hydrogen-bond donors (Lipinski definition) is 0. The molecule has 0 bridgehead atoms. The molecule has 2 aliphatic rings. The molecule has 0 N–H and O–H groups in total. The van der Waals surface area contributed by atoms with Crippen molar-refractivity contribution in [2.75, 3.05) is 32.8 Å². The first-order valence-corrected chi connectivity index (χ1v) is 9.51. The van der Waals surface area contributed by atoms with Crippen molar-refractivity contribution in [3.05, 3.63) is 29.3 Å². The number of benzene rings is 1. The average molecular weight is 345 g/mol. The third kappa shape index (κ3) is 3.18. The topological polar surface area (TPSA) is 45.7 Å². The van der Waals surface area contributed by atoms with E-state index in [-0.39, 0.29) is 18.1 Å². The van der Waals surface area contributed by atoms with Gasteiger partial charge >= 0.3 is 0 Å². The molecule has 4 rings (SSSR count). The Morgan fingerprint density at radius 2 is 2.25 bits per heavy atom.